The molecule has 0 saturated carbocycles. The van der Waals surface area contributed by atoms with E-state index in [1.165, 1.54) is 11.1 Å². The highest BCUT2D eigenvalue weighted by atomic mass is 79.9. The van der Waals surface area contributed by atoms with E-state index in [4.69, 9.17) is 16.3 Å². The first kappa shape index (κ1) is 14.9. The number of aliphatic hydroxyl groups excluding tert-OH is 1. The predicted octanol–water partition coefficient (Wildman–Crippen LogP) is 4.70. The maximum Gasteiger partial charge on any atom is 0.122 e. The average Bonchev–Trinajstić information content (AvgIpc) is 2.94. The van der Waals surface area contributed by atoms with Gasteiger partial charge in [-0.25, -0.2) is 0 Å². The van der Waals surface area contributed by atoms with Gasteiger partial charge in [-0.05, 0) is 53.8 Å². The van der Waals surface area contributed by atoms with Crippen LogP contribution in [-0.2, 0) is 12.8 Å². The van der Waals surface area contributed by atoms with Crippen LogP contribution in [0.3, 0.4) is 0 Å². The van der Waals surface area contributed by atoms with E-state index in [2.05, 4.69) is 28.1 Å². The number of hydrogen-bond acceptors (Lipinski definition) is 2. The largest absolute Gasteiger partial charge is 0.493 e. The average molecular weight is 368 g/mol. The van der Waals surface area contributed by atoms with Crippen molar-refractivity contribution in [3.8, 4) is 5.75 Å². The second-order valence-corrected chi connectivity index (χ2v) is 6.55. The third-order valence-corrected chi connectivity index (χ3v) is 4.73. The molecule has 0 aliphatic carbocycles. The van der Waals surface area contributed by atoms with Gasteiger partial charge >= 0.3 is 0 Å². The van der Waals surface area contributed by atoms with E-state index in [0.717, 1.165) is 35.2 Å². The molecule has 0 saturated heterocycles. The zero-order valence-corrected chi connectivity index (χ0v) is 13.8. The van der Waals surface area contributed by atoms with Crippen molar-refractivity contribution in [2.75, 3.05) is 6.61 Å². The van der Waals surface area contributed by atoms with Crippen LogP contribution >= 0.6 is 27.5 Å². The highest BCUT2D eigenvalue weighted by molar-refractivity contribution is 9.10. The molecule has 1 aliphatic rings. The smallest absolute Gasteiger partial charge is 0.122 e. The van der Waals surface area contributed by atoms with E-state index >= 15 is 0 Å². The molecule has 0 radical (unpaired) electrons. The molecule has 0 fully saturated rings. The first-order chi connectivity index (χ1) is 10.1. The van der Waals surface area contributed by atoms with Gasteiger partial charge in [-0.15, -0.1) is 0 Å². The van der Waals surface area contributed by atoms with Crippen molar-refractivity contribution in [2.24, 2.45) is 0 Å². The van der Waals surface area contributed by atoms with Crippen molar-refractivity contribution in [1.29, 1.82) is 0 Å². The summed E-state index contributed by atoms with van der Waals surface area (Å²) in [6, 6.07) is 11.8. The first-order valence-electron chi connectivity index (χ1n) is 7.01. The zero-order chi connectivity index (χ0) is 14.8. The van der Waals surface area contributed by atoms with Gasteiger partial charge in [-0.1, -0.05) is 39.7 Å². The van der Waals surface area contributed by atoms with Gasteiger partial charge in [0, 0.05) is 15.9 Å². The highest BCUT2D eigenvalue weighted by Gasteiger charge is 2.15. The summed E-state index contributed by atoms with van der Waals surface area (Å²) in [4.78, 5) is 0. The summed E-state index contributed by atoms with van der Waals surface area (Å²) in [6.07, 6.45) is 1.94. The minimum atomic E-state index is -0.525. The van der Waals surface area contributed by atoms with Crippen LogP contribution in [0.15, 0.2) is 40.9 Å². The Kier molecular flexibility index (Phi) is 4.53. The third-order valence-electron chi connectivity index (χ3n) is 3.78. The van der Waals surface area contributed by atoms with Gasteiger partial charge in [0.1, 0.15) is 5.75 Å². The summed E-state index contributed by atoms with van der Waals surface area (Å²) in [7, 11) is 0. The maximum atomic E-state index is 10.4. The SMILES string of the molecule is OC(CCc1ccc2c(c1)CCO2)c1cc(Cl)ccc1Br. The molecular formula is C17H16BrClO2. The van der Waals surface area contributed by atoms with Gasteiger partial charge in [0.15, 0.2) is 0 Å². The maximum absolute atomic E-state index is 10.4. The van der Waals surface area contributed by atoms with Crippen molar-refractivity contribution in [2.45, 2.75) is 25.4 Å². The van der Waals surface area contributed by atoms with Crippen molar-refractivity contribution < 1.29 is 9.84 Å². The number of fused-ring (bicyclic) bond motifs is 1. The Labute approximate surface area is 137 Å². The molecule has 0 bridgehead atoms. The van der Waals surface area contributed by atoms with Crippen molar-refractivity contribution in [3.63, 3.8) is 0 Å². The lowest BCUT2D eigenvalue weighted by molar-refractivity contribution is 0.167. The number of ether oxygens (including phenoxy) is 1. The molecule has 21 heavy (non-hydrogen) atoms. The van der Waals surface area contributed by atoms with Crippen LogP contribution in [0.25, 0.3) is 0 Å². The zero-order valence-electron chi connectivity index (χ0n) is 11.5. The van der Waals surface area contributed by atoms with E-state index in [1.807, 2.05) is 24.3 Å². The highest BCUT2D eigenvalue weighted by Crippen LogP contribution is 2.30. The van der Waals surface area contributed by atoms with E-state index < -0.39 is 6.10 Å². The quantitative estimate of drug-likeness (QED) is 0.848. The fourth-order valence-electron chi connectivity index (χ4n) is 2.62. The lowest BCUT2D eigenvalue weighted by Crippen LogP contribution is -2.01. The van der Waals surface area contributed by atoms with Crippen LogP contribution < -0.4 is 4.74 Å². The third kappa shape index (κ3) is 3.42. The molecule has 0 amide bonds. The minimum absolute atomic E-state index is 0.525. The Morgan fingerprint density at radius 1 is 1.24 bits per heavy atom. The summed E-state index contributed by atoms with van der Waals surface area (Å²) in [5, 5.41) is 11.0. The number of rotatable bonds is 4. The number of aliphatic hydroxyl groups is 1. The van der Waals surface area contributed by atoms with Crippen LogP contribution in [0.4, 0.5) is 0 Å². The standard InChI is InChI=1S/C17H16BrClO2/c18-15-4-3-13(19)10-14(15)16(20)5-1-11-2-6-17-12(9-11)7-8-21-17/h2-4,6,9-10,16,20H,1,5,7-8H2. The molecule has 1 atom stereocenters. The summed E-state index contributed by atoms with van der Waals surface area (Å²) in [5.74, 6) is 0.997. The van der Waals surface area contributed by atoms with Gasteiger partial charge in [0.2, 0.25) is 0 Å². The topological polar surface area (TPSA) is 29.5 Å². The van der Waals surface area contributed by atoms with Gasteiger partial charge in [0.05, 0.1) is 12.7 Å². The molecule has 2 nitrogen and oxygen atoms in total. The first-order valence-corrected chi connectivity index (χ1v) is 8.18. The Morgan fingerprint density at radius 2 is 2.10 bits per heavy atom. The second kappa shape index (κ2) is 6.39. The molecule has 2 aromatic carbocycles. The molecule has 110 valence electrons. The van der Waals surface area contributed by atoms with Crippen molar-refractivity contribution >= 4 is 27.5 Å². The van der Waals surface area contributed by atoms with E-state index in [-0.39, 0.29) is 0 Å². The summed E-state index contributed by atoms with van der Waals surface area (Å²) in [6.45, 7) is 0.775. The molecule has 3 rings (SSSR count). The molecule has 1 aliphatic heterocycles. The molecule has 4 heteroatoms. The van der Waals surface area contributed by atoms with E-state index in [9.17, 15) is 5.11 Å². The Balaban J connectivity index is 1.68. The molecule has 1 N–H and O–H groups in total. The number of halogens is 2. The molecular weight excluding hydrogens is 352 g/mol. The molecule has 1 unspecified atom stereocenters. The molecule has 1 heterocycles. The van der Waals surface area contributed by atoms with Gasteiger partial charge in [0.25, 0.3) is 0 Å². The predicted molar refractivity (Wildman–Crippen MR) is 88.1 cm³/mol. The van der Waals surface area contributed by atoms with Gasteiger partial charge < -0.3 is 9.84 Å². The van der Waals surface area contributed by atoms with Crippen LogP contribution in [0.1, 0.15) is 29.2 Å². The fraction of sp³-hybridized carbons (Fsp3) is 0.294. The molecule has 0 aromatic heterocycles. The summed E-state index contributed by atoms with van der Waals surface area (Å²) >= 11 is 9.46. The van der Waals surface area contributed by atoms with E-state index in [1.54, 1.807) is 0 Å². The summed E-state index contributed by atoms with van der Waals surface area (Å²) in [5.41, 5.74) is 3.34. The Bertz CT molecular complexity index is 657. The monoisotopic (exact) mass is 366 g/mol. The number of aryl methyl sites for hydroxylation is 1. The minimum Gasteiger partial charge on any atom is -0.493 e. The molecule has 0 spiro atoms. The van der Waals surface area contributed by atoms with Crippen LogP contribution in [0.2, 0.25) is 5.02 Å². The summed E-state index contributed by atoms with van der Waals surface area (Å²) < 4.78 is 6.40. The van der Waals surface area contributed by atoms with Crippen molar-refractivity contribution in [1.82, 2.24) is 0 Å². The van der Waals surface area contributed by atoms with E-state index in [0.29, 0.717) is 11.4 Å². The van der Waals surface area contributed by atoms with Crippen LogP contribution in [-0.4, -0.2) is 11.7 Å². The van der Waals surface area contributed by atoms with Crippen LogP contribution in [0, 0.1) is 0 Å². The van der Waals surface area contributed by atoms with Crippen molar-refractivity contribution in [3.05, 3.63) is 62.6 Å². The lowest BCUT2D eigenvalue weighted by Gasteiger charge is -2.13. The number of benzene rings is 2. The number of hydrogen-bond donors (Lipinski definition) is 1. The lowest BCUT2D eigenvalue weighted by atomic mass is 9.99. The molecule has 2 aromatic rings. The normalized spacial score (nSPS) is 14.6. The Hall–Kier alpha value is -1.03. The van der Waals surface area contributed by atoms with Gasteiger partial charge in [-0.2, -0.15) is 0 Å². The Morgan fingerprint density at radius 3 is 2.95 bits per heavy atom. The van der Waals surface area contributed by atoms with Gasteiger partial charge in [-0.3, -0.25) is 0 Å². The van der Waals surface area contributed by atoms with Crippen LogP contribution in [0.5, 0.6) is 5.75 Å². The second-order valence-electron chi connectivity index (χ2n) is 5.26. The fourth-order valence-corrected chi connectivity index (χ4v) is 3.32.